The third-order valence-corrected chi connectivity index (χ3v) is 7.63. The van der Waals surface area contributed by atoms with Crippen LogP contribution >= 0.6 is 0 Å². The Labute approximate surface area is 205 Å². The summed E-state index contributed by atoms with van der Waals surface area (Å²) in [6, 6.07) is 1.80. The van der Waals surface area contributed by atoms with E-state index in [1.807, 2.05) is 20.8 Å². The summed E-state index contributed by atoms with van der Waals surface area (Å²) in [5, 5.41) is 10.3. The van der Waals surface area contributed by atoms with Crippen LogP contribution in [0.3, 0.4) is 0 Å². The van der Waals surface area contributed by atoms with Crippen LogP contribution in [-0.2, 0) is 14.3 Å². The molecule has 194 valence electrons. The molecule has 3 rings (SSSR count). The number of halogens is 2. The smallest absolute Gasteiger partial charge is 0.408 e. The predicted molar refractivity (Wildman–Crippen MR) is 126 cm³/mol. The Morgan fingerprint density at radius 1 is 1.09 bits per heavy atom. The fraction of sp³-hybridized carbons (Fsp3) is 0.654. The van der Waals surface area contributed by atoms with Crippen molar-refractivity contribution in [2.75, 3.05) is 20.2 Å². The van der Waals surface area contributed by atoms with E-state index in [4.69, 9.17) is 4.74 Å². The second kappa shape index (κ2) is 10.5. The van der Waals surface area contributed by atoms with Crippen LogP contribution in [0.15, 0.2) is 18.2 Å². The first-order valence-corrected chi connectivity index (χ1v) is 12.2. The van der Waals surface area contributed by atoms with Gasteiger partial charge in [0.15, 0.2) is 0 Å². The van der Waals surface area contributed by atoms with E-state index in [0.29, 0.717) is 12.5 Å². The number of nitrogens with zero attached hydrogens (tertiary/aromatic N) is 2. The molecule has 1 aliphatic carbocycles. The Morgan fingerprint density at radius 3 is 2.14 bits per heavy atom. The summed E-state index contributed by atoms with van der Waals surface area (Å²) in [5.41, 5.74) is -2.19. The summed E-state index contributed by atoms with van der Waals surface area (Å²) in [6.45, 7) is 4.82. The first-order chi connectivity index (χ1) is 16.4. The molecule has 2 fully saturated rings. The highest BCUT2D eigenvalue weighted by Gasteiger charge is 2.61. The molecule has 0 radical (unpaired) electrons. The molecule has 1 aliphatic heterocycles. The number of amides is 2. The molecule has 0 bridgehead atoms. The lowest BCUT2D eigenvalue weighted by molar-refractivity contribution is -0.171. The first kappa shape index (κ1) is 26.9. The molecule has 9 heteroatoms. The number of methoxy groups -OCH3 is 1. The van der Waals surface area contributed by atoms with Crippen LogP contribution in [0, 0.1) is 23.0 Å². The van der Waals surface area contributed by atoms with Crippen LogP contribution in [0.5, 0.6) is 0 Å². The van der Waals surface area contributed by atoms with Crippen LogP contribution in [-0.4, -0.2) is 58.6 Å². The van der Waals surface area contributed by atoms with Crippen molar-refractivity contribution < 1.29 is 33.0 Å². The number of carboxylic acid groups (broad SMARTS) is 1. The number of esters is 1. The zero-order valence-corrected chi connectivity index (χ0v) is 21.0. The number of carbonyl (C=O) groups excluding carboxylic acids is 2. The number of ether oxygens (including phenoxy) is 1. The Morgan fingerprint density at radius 2 is 1.66 bits per heavy atom. The van der Waals surface area contributed by atoms with Gasteiger partial charge >= 0.3 is 12.1 Å². The molecule has 0 aromatic heterocycles. The predicted octanol–water partition coefficient (Wildman–Crippen LogP) is 5.15. The number of benzene rings is 1. The zero-order chi connectivity index (χ0) is 26.0. The Bertz CT molecular complexity index is 935. The van der Waals surface area contributed by atoms with Crippen LogP contribution < -0.4 is 0 Å². The van der Waals surface area contributed by atoms with Gasteiger partial charge in [0.1, 0.15) is 23.7 Å². The van der Waals surface area contributed by atoms with Crippen molar-refractivity contribution in [3.8, 4) is 0 Å². The summed E-state index contributed by atoms with van der Waals surface area (Å²) in [5.74, 6) is -2.79. The summed E-state index contributed by atoms with van der Waals surface area (Å²) < 4.78 is 33.0. The van der Waals surface area contributed by atoms with Gasteiger partial charge in [-0.15, -0.1) is 0 Å². The summed E-state index contributed by atoms with van der Waals surface area (Å²) in [6.07, 6.45) is 5.09. The maximum absolute atomic E-state index is 14.4. The quantitative estimate of drug-likeness (QED) is 0.452. The lowest BCUT2D eigenvalue weighted by atomic mass is 9.64. The Balaban J connectivity index is 2.16. The number of hydrogen-bond acceptors (Lipinski definition) is 4. The van der Waals surface area contributed by atoms with Crippen molar-refractivity contribution in [3.63, 3.8) is 0 Å². The van der Waals surface area contributed by atoms with Crippen molar-refractivity contribution in [2.45, 2.75) is 77.3 Å². The van der Waals surface area contributed by atoms with Crippen LogP contribution in [0.25, 0.3) is 0 Å². The normalized spacial score (nSPS) is 24.3. The Kier molecular flexibility index (Phi) is 8.07. The minimum atomic E-state index is -1.45. The molecule has 1 heterocycles. The van der Waals surface area contributed by atoms with E-state index in [2.05, 4.69) is 0 Å². The lowest BCUT2D eigenvalue weighted by Gasteiger charge is -2.57. The topological polar surface area (TPSA) is 87.2 Å². The van der Waals surface area contributed by atoms with Gasteiger partial charge in [0, 0.05) is 12.6 Å². The third-order valence-electron chi connectivity index (χ3n) is 7.63. The monoisotopic (exact) mass is 494 g/mol. The van der Waals surface area contributed by atoms with Crippen LogP contribution in [0.4, 0.5) is 13.6 Å². The minimum absolute atomic E-state index is 0.0861. The molecule has 1 aromatic carbocycles. The summed E-state index contributed by atoms with van der Waals surface area (Å²) in [4.78, 5) is 41.8. The SMILES string of the molecule is COC(=O)CN1C(=O)[C@](CC2CCCCCC2)(C(C)(C)C)N(C(=O)O)CC1c1cc(F)cc(F)c1. The van der Waals surface area contributed by atoms with Gasteiger partial charge in [-0.25, -0.2) is 13.6 Å². The second-order valence-corrected chi connectivity index (χ2v) is 10.8. The molecular formula is C26H36F2N2O5. The van der Waals surface area contributed by atoms with Gasteiger partial charge in [-0.05, 0) is 35.4 Å². The molecule has 2 amide bonds. The standard InChI is InChI=1S/C26H36F2N2O5/c1-25(2,3)26(14-17-9-7-5-6-8-10-17)23(32)29(16-22(31)35-4)21(15-30(26)24(33)34)18-11-19(27)13-20(28)12-18/h11-13,17,21H,5-10,14-16H2,1-4H3,(H,33,34)/t21?,26-/m1/s1. The molecule has 1 aromatic rings. The molecule has 1 unspecified atom stereocenters. The first-order valence-electron chi connectivity index (χ1n) is 12.2. The molecule has 1 N–H and O–H groups in total. The van der Waals surface area contributed by atoms with E-state index in [-0.39, 0.29) is 18.0 Å². The van der Waals surface area contributed by atoms with Crippen molar-refractivity contribution in [1.82, 2.24) is 9.80 Å². The molecule has 7 nitrogen and oxygen atoms in total. The van der Waals surface area contributed by atoms with Crippen molar-refractivity contribution in [3.05, 3.63) is 35.4 Å². The van der Waals surface area contributed by atoms with Gasteiger partial charge in [-0.2, -0.15) is 0 Å². The van der Waals surface area contributed by atoms with Gasteiger partial charge in [-0.1, -0.05) is 59.3 Å². The van der Waals surface area contributed by atoms with Crippen molar-refractivity contribution in [2.24, 2.45) is 11.3 Å². The van der Waals surface area contributed by atoms with E-state index in [1.165, 1.54) is 12.0 Å². The van der Waals surface area contributed by atoms with E-state index >= 15 is 0 Å². The molecule has 0 spiro atoms. The average Bonchev–Trinajstić information content (AvgIpc) is 3.03. The number of rotatable bonds is 5. The van der Waals surface area contributed by atoms with Crippen molar-refractivity contribution in [1.29, 1.82) is 0 Å². The largest absolute Gasteiger partial charge is 0.468 e. The number of hydrogen-bond donors (Lipinski definition) is 1. The fourth-order valence-electron chi connectivity index (χ4n) is 5.82. The molecular weight excluding hydrogens is 458 g/mol. The molecule has 1 saturated carbocycles. The summed E-state index contributed by atoms with van der Waals surface area (Å²) in [7, 11) is 1.19. The number of piperazine rings is 1. The molecule has 2 aliphatic rings. The molecule has 35 heavy (non-hydrogen) atoms. The van der Waals surface area contributed by atoms with Gasteiger partial charge in [0.25, 0.3) is 0 Å². The van der Waals surface area contributed by atoms with Gasteiger partial charge in [0.05, 0.1) is 13.2 Å². The zero-order valence-electron chi connectivity index (χ0n) is 21.0. The summed E-state index contributed by atoms with van der Waals surface area (Å²) >= 11 is 0. The van der Waals surface area contributed by atoms with Crippen LogP contribution in [0.2, 0.25) is 0 Å². The molecule has 1 saturated heterocycles. The highest BCUT2D eigenvalue weighted by molar-refractivity contribution is 5.94. The maximum atomic E-state index is 14.4. The minimum Gasteiger partial charge on any atom is -0.468 e. The maximum Gasteiger partial charge on any atom is 0.408 e. The number of carbonyl (C=O) groups is 3. The second-order valence-electron chi connectivity index (χ2n) is 10.8. The highest BCUT2D eigenvalue weighted by Crippen LogP contribution is 2.49. The highest BCUT2D eigenvalue weighted by atomic mass is 19.1. The molecule has 2 atom stereocenters. The van der Waals surface area contributed by atoms with Gasteiger partial charge in [-0.3, -0.25) is 14.5 Å². The fourth-order valence-corrected chi connectivity index (χ4v) is 5.82. The lowest BCUT2D eigenvalue weighted by Crippen LogP contribution is -2.73. The van der Waals surface area contributed by atoms with E-state index in [0.717, 1.165) is 55.6 Å². The van der Waals surface area contributed by atoms with Gasteiger partial charge < -0.3 is 14.7 Å². The van der Waals surface area contributed by atoms with Crippen molar-refractivity contribution >= 4 is 18.0 Å². The Hall–Kier alpha value is -2.71. The van der Waals surface area contributed by atoms with Crippen LogP contribution in [0.1, 0.15) is 77.3 Å². The van der Waals surface area contributed by atoms with E-state index in [9.17, 15) is 28.3 Å². The van der Waals surface area contributed by atoms with E-state index in [1.54, 1.807) is 0 Å². The third kappa shape index (κ3) is 5.43. The average molecular weight is 495 g/mol. The van der Waals surface area contributed by atoms with E-state index < -0.39 is 53.1 Å². The van der Waals surface area contributed by atoms with Gasteiger partial charge in [0.2, 0.25) is 5.91 Å².